The Morgan fingerprint density at radius 2 is 2.31 bits per heavy atom. The van der Waals surface area contributed by atoms with Crippen LogP contribution in [0, 0.1) is 0 Å². The topological polar surface area (TPSA) is 96.2 Å². The maximum Gasteiger partial charge on any atom is 0.253 e. The fourth-order valence-electron chi connectivity index (χ4n) is 1.25. The Labute approximate surface area is 76.2 Å². The van der Waals surface area contributed by atoms with Crippen molar-refractivity contribution < 1.29 is 9.59 Å². The second kappa shape index (κ2) is 4.78. The first kappa shape index (κ1) is 9.94. The summed E-state index contributed by atoms with van der Waals surface area (Å²) < 4.78 is 0. The maximum absolute atomic E-state index is 11.3. The summed E-state index contributed by atoms with van der Waals surface area (Å²) in [5, 5.41) is 5.50. The lowest BCUT2D eigenvalue weighted by molar-refractivity contribution is -0.127. The van der Waals surface area contributed by atoms with Crippen LogP contribution in [0.1, 0.15) is 12.8 Å². The highest BCUT2D eigenvalue weighted by Crippen LogP contribution is 2.03. The summed E-state index contributed by atoms with van der Waals surface area (Å²) >= 11 is 0. The molecule has 0 aromatic rings. The lowest BCUT2D eigenvalue weighted by Crippen LogP contribution is -2.45. The number of hydrogen-bond donors (Lipinski definition) is 4. The Balaban J connectivity index is 2.20. The van der Waals surface area contributed by atoms with Gasteiger partial charge in [0.1, 0.15) is 0 Å². The van der Waals surface area contributed by atoms with Gasteiger partial charge in [-0.25, -0.2) is 5.84 Å². The van der Waals surface area contributed by atoms with Gasteiger partial charge in [0.2, 0.25) is 5.91 Å². The molecule has 0 aromatic heterocycles. The molecule has 13 heavy (non-hydrogen) atoms. The van der Waals surface area contributed by atoms with E-state index in [4.69, 9.17) is 5.84 Å². The minimum Gasteiger partial charge on any atom is -0.346 e. The zero-order valence-corrected chi connectivity index (χ0v) is 7.30. The summed E-state index contributed by atoms with van der Waals surface area (Å²) in [6.45, 7) is 0.800. The van der Waals surface area contributed by atoms with Crippen LogP contribution >= 0.6 is 0 Å². The molecule has 1 rings (SSSR count). The SMILES string of the molecule is NNC(=O)CNC(=O)C1CCCN1. The Morgan fingerprint density at radius 3 is 2.85 bits per heavy atom. The Hall–Kier alpha value is -1.14. The molecule has 0 aliphatic carbocycles. The lowest BCUT2D eigenvalue weighted by Gasteiger charge is -2.09. The number of amides is 2. The van der Waals surface area contributed by atoms with Gasteiger partial charge < -0.3 is 10.6 Å². The van der Waals surface area contributed by atoms with Crippen molar-refractivity contribution in [3.05, 3.63) is 0 Å². The van der Waals surface area contributed by atoms with Crippen LogP contribution in [-0.2, 0) is 9.59 Å². The van der Waals surface area contributed by atoms with E-state index in [1.807, 2.05) is 5.43 Å². The van der Waals surface area contributed by atoms with Gasteiger partial charge in [-0.3, -0.25) is 15.0 Å². The van der Waals surface area contributed by atoms with E-state index < -0.39 is 5.91 Å². The molecule has 0 saturated carbocycles. The van der Waals surface area contributed by atoms with Crippen LogP contribution in [0.4, 0.5) is 0 Å². The van der Waals surface area contributed by atoms with Crippen molar-refractivity contribution in [2.75, 3.05) is 13.1 Å². The Morgan fingerprint density at radius 1 is 1.54 bits per heavy atom. The normalized spacial score (nSPS) is 21.2. The van der Waals surface area contributed by atoms with Gasteiger partial charge in [-0.05, 0) is 19.4 Å². The third-order valence-corrected chi connectivity index (χ3v) is 1.96. The summed E-state index contributed by atoms with van der Waals surface area (Å²) in [4.78, 5) is 21.9. The van der Waals surface area contributed by atoms with E-state index in [0.29, 0.717) is 0 Å². The largest absolute Gasteiger partial charge is 0.346 e. The average molecular weight is 186 g/mol. The van der Waals surface area contributed by atoms with Crippen molar-refractivity contribution in [2.45, 2.75) is 18.9 Å². The molecule has 0 aromatic carbocycles. The Bertz CT molecular complexity index is 201. The molecule has 0 spiro atoms. The monoisotopic (exact) mass is 186 g/mol. The number of hydrogen-bond acceptors (Lipinski definition) is 4. The van der Waals surface area contributed by atoms with Crippen molar-refractivity contribution in [1.82, 2.24) is 16.1 Å². The highest BCUT2D eigenvalue weighted by Gasteiger charge is 2.21. The van der Waals surface area contributed by atoms with E-state index in [0.717, 1.165) is 19.4 Å². The zero-order chi connectivity index (χ0) is 9.68. The molecule has 74 valence electrons. The lowest BCUT2D eigenvalue weighted by atomic mass is 10.2. The smallest absolute Gasteiger partial charge is 0.253 e. The van der Waals surface area contributed by atoms with Crippen LogP contribution < -0.4 is 21.9 Å². The Kier molecular flexibility index (Phi) is 3.66. The number of carbonyl (C=O) groups is 2. The minimum absolute atomic E-state index is 0.0620. The van der Waals surface area contributed by atoms with Gasteiger partial charge in [0.15, 0.2) is 0 Å². The first-order valence-corrected chi connectivity index (χ1v) is 4.24. The number of rotatable bonds is 3. The predicted octanol–water partition coefficient (Wildman–Crippen LogP) is -2.16. The molecule has 6 nitrogen and oxygen atoms in total. The molecule has 1 fully saturated rings. The molecule has 6 heteroatoms. The van der Waals surface area contributed by atoms with Crippen LogP contribution in [0.15, 0.2) is 0 Å². The van der Waals surface area contributed by atoms with E-state index in [1.54, 1.807) is 0 Å². The molecule has 1 heterocycles. The third-order valence-electron chi connectivity index (χ3n) is 1.96. The van der Waals surface area contributed by atoms with Crippen LogP contribution in [0.25, 0.3) is 0 Å². The first-order valence-electron chi connectivity index (χ1n) is 4.24. The third kappa shape index (κ3) is 3.00. The number of carbonyl (C=O) groups excluding carboxylic acids is 2. The van der Waals surface area contributed by atoms with Gasteiger partial charge in [-0.15, -0.1) is 0 Å². The summed E-state index contributed by atoms with van der Waals surface area (Å²) in [5.41, 5.74) is 1.94. The molecule has 5 N–H and O–H groups in total. The molecule has 1 aliphatic rings. The average Bonchev–Trinajstić information content (AvgIpc) is 2.66. The summed E-state index contributed by atoms with van der Waals surface area (Å²) in [7, 11) is 0. The second-order valence-corrected chi connectivity index (χ2v) is 2.93. The number of nitrogens with two attached hydrogens (primary N) is 1. The van der Waals surface area contributed by atoms with Crippen molar-refractivity contribution in [3.8, 4) is 0 Å². The van der Waals surface area contributed by atoms with Crippen molar-refractivity contribution in [1.29, 1.82) is 0 Å². The van der Waals surface area contributed by atoms with Gasteiger partial charge in [-0.2, -0.15) is 0 Å². The van der Waals surface area contributed by atoms with Gasteiger partial charge in [-0.1, -0.05) is 0 Å². The zero-order valence-electron chi connectivity index (χ0n) is 7.30. The van der Waals surface area contributed by atoms with Crippen LogP contribution in [0.5, 0.6) is 0 Å². The summed E-state index contributed by atoms with van der Waals surface area (Å²) in [6, 6.07) is -0.148. The first-order chi connectivity index (χ1) is 6.24. The molecule has 2 amide bonds. The maximum atomic E-state index is 11.3. The summed E-state index contributed by atoms with van der Waals surface area (Å²) in [5.74, 6) is 4.31. The van der Waals surface area contributed by atoms with E-state index in [-0.39, 0.29) is 18.5 Å². The molecular formula is C7H14N4O2. The van der Waals surface area contributed by atoms with Crippen LogP contribution in [0.3, 0.4) is 0 Å². The highest BCUT2D eigenvalue weighted by molar-refractivity contribution is 5.87. The highest BCUT2D eigenvalue weighted by atomic mass is 16.2. The standard InChI is InChI=1S/C7H14N4O2/c8-11-6(12)4-10-7(13)5-2-1-3-9-5/h5,9H,1-4,8H2,(H,10,13)(H,11,12). The van der Waals surface area contributed by atoms with Crippen molar-refractivity contribution >= 4 is 11.8 Å². The van der Waals surface area contributed by atoms with Gasteiger partial charge >= 0.3 is 0 Å². The molecule has 0 radical (unpaired) electrons. The van der Waals surface area contributed by atoms with E-state index in [2.05, 4.69) is 10.6 Å². The molecular weight excluding hydrogens is 172 g/mol. The molecule has 1 unspecified atom stereocenters. The molecule has 1 atom stereocenters. The number of hydrazine groups is 1. The van der Waals surface area contributed by atoms with E-state index >= 15 is 0 Å². The summed E-state index contributed by atoms with van der Waals surface area (Å²) in [6.07, 6.45) is 1.83. The van der Waals surface area contributed by atoms with Crippen LogP contribution in [0.2, 0.25) is 0 Å². The fourth-order valence-corrected chi connectivity index (χ4v) is 1.25. The van der Waals surface area contributed by atoms with E-state index in [9.17, 15) is 9.59 Å². The number of nitrogens with one attached hydrogen (secondary N) is 3. The fraction of sp³-hybridized carbons (Fsp3) is 0.714. The second-order valence-electron chi connectivity index (χ2n) is 2.93. The van der Waals surface area contributed by atoms with E-state index in [1.165, 1.54) is 0 Å². The predicted molar refractivity (Wildman–Crippen MR) is 46.4 cm³/mol. The molecule has 1 saturated heterocycles. The molecule has 1 aliphatic heterocycles. The van der Waals surface area contributed by atoms with Gasteiger partial charge in [0, 0.05) is 0 Å². The van der Waals surface area contributed by atoms with Crippen LogP contribution in [-0.4, -0.2) is 30.9 Å². The molecule has 0 bridgehead atoms. The van der Waals surface area contributed by atoms with Gasteiger partial charge in [0.05, 0.1) is 12.6 Å². The quantitative estimate of drug-likeness (QED) is 0.229. The minimum atomic E-state index is -0.397. The van der Waals surface area contributed by atoms with Crippen molar-refractivity contribution in [2.24, 2.45) is 5.84 Å². The van der Waals surface area contributed by atoms with Gasteiger partial charge in [0.25, 0.3) is 5.91 Å². The van der Waals surface area contributed by atoms with Crippen molar-refractivity contribution in [3.63, 3.8) is 0 Å².